The number of rotatable bonds is 5. The van der Waals surface area contributed by atoms with Crippen molar-refractivity contribution >= 4 is 6.21 Å². The molecule has 1 aromatic carbocycles. The average molecular weight is 221 g/mol. The van der Waals surface area contributed by atoms with Crippen molar-refractivity contribution in [2.24, 2.45) is 11.1 Å². The predicted molar refractivity (Wildman–Crippen MR) is 60.9 cm³/mol. The zero-order chi connectivity index (χ0) is 11.4. The summed E-state index contributed by atoms with van der Waals surface area (Å²) in [6.45, 7) is 0.694. The van der Waals surface area contributed by atoms with Crippen LogP contribution in [-0.2, 0) is 4.84 Å². The third-order valence-electron chi connectivity index (χ3n) is 2.46. The van der Waals surface area contributed by atoms with Gasteiger partial charge in [-0.05, 0) is 42.5 Å². The number of ether oxygens (including phenoxy) is 1. The van der Waals surface area contributed by atoms with Gasteiger partial charge in [0.1, 0.15) is 7.11 Å². The Bertz CT molecular complexity index is 386. The number of oxime groups is 1. The number of hydrogen-bond donors (Lipinski definition) is 1. The molecular formula is C12H15NO3. The fraction of sp³-hybridized carbons (Fsp3) is 0.417. The topological polar surface area (TPSA) is 51.0 Å². The normalized spacial score (nSPS) is 15.3. The average Bonchev–Trinajstić information content (AvgIpc) is 3.09. The standard InChI is InChI=1S/C12H15NO3/c1-15-13-7-10-4-5-12(11(14)6-10)16-8-9-2-3-9/h4-7,9,14H,2-3,8H2,1H3/b13-7+. The monoisotopic (exact) mass is 221 g/mol. The Balaban J connectivity index is 2.00. The van der Waals surface area contributed by atoms with Gasteiger partial charge in [-0.2, -0.15) is 0 Å². The lowest BCUT2D eigenvalue weighted by Crippen LogP contribution is -1.99. The third kappa shape index (κ3) is 2.89. The van der Waals surface area contributed by atoms with Gasteiger partial charge in [-0.3, -0.25) is 0 Å². The summed E-state index contributed by atoms with van der Waals surface area (Å²) < 4.78 is 5.49. The van der Waals surface area contributed by atoms with Crippen molar-refractivity contribution in [3.8, 4) is 11.5 Å². The maximum Gasteiger partial charge on any atom is 0.160 e. The van der Waals surface area contributed by atoms with Gasteiger partial charge in [0.25, 0.3) is 0 Å². The van der Waals surface area contributed by atoms with Crippen LogP contribution < -0.4 is 4.74 Å². The summed E-state index contributed by atoms with van der Waals surface area (Å²) in [7, 11) is 1.48. The SMILES string of the molecule is CO/N=C/c1ccc(OCC2CC2)c(O)c1. The molecule has 1 saturated carbocycles. The molecule has 1 fully saturated rings. The Morgan fingerprint density at radius 2 is 2.31 bits per heavy atom. The van der Waals surface area contributed by atoms with Gasteiger partial charge < -0.3 is 14.7 Å². The Morgan fingerprint density at radius 3 is 2.94 bits per heavy atom. The van der Waals surface area contributed by atoms with E-state index < -0.39 is 0 Å². The van der Waals surface area contributed by atoms with E-state index in [2.05, 4.69) is 9.99 Å². The molecule has 86 valence electrons. The molecule has 0 unspecified atom stereocenters. The van der Waals surface area contributed by atoms with Crippen LogP contribution in [0.4, 0.5) is 0 Å². The molecule has 0 atom stereocenters. The number of phenols is 1. The van der Waals surface area contributed by atoms with Crippen molar-refractivity contribution in [1.82, 2.24) is 0 Å². The Labute approximate surface area is 94.5 Å². The van der Waals surface area contributed by atoms with Gasteiger partial charge in [-0.1, -0.05) is 5.16 Å². The van der Waals surface area contributed by atoms with Crippen LogP contribution in [0.5, 0.6) is 11.5 Å². The Hall–Kier alpha value is -1.71. The highest BCUT2D eigenvalue weighted by Gasteiger charge is 2.22. The van der Waals surface area contributed by atoms with E-state index >= 15 is 0 Å². The van der Waals surface area contributed by atoms with E-state index in [1.807, 2.05) is 6.07 Å². The van der Waals surface area contributed by atoms with Crippen LogP contribution >= 0.6 is 0 Å². The number of aromatic hydroxyl groups is 1. The molecule has 1 aliphatic carbocycles. The molecular weight excluding hydrogens is 206 g/mol. The zero-order valence-electron chi connectivity index (χ0n) is 9.22. The van der Waals surface area contributed by atoms with Crippen LogP contribution in [0.2, 0.25) is 0 Å². The molecule has 0 heterocycles. The van der Waals surface area contributed by atoms with E-state index in [-0.39, 0.29) is 5.75 Å². The van der Waals surface area contributed by atoms with Gasteiger partial charge in [-0.25, -0.2) is 0 Å². The van der Waals surface area contributed by atoms with E-state index in [1.54, 1.807) is 12.1 Å². The van der Waals surface area contributed by atoms with Crippen LogP contribution in [0.1, 0.15) is 18.4 Å². The summed E-state index contributed by atoms with van der Waals surface area (Å²) in [5, 5.41) is 13.3. The van der Waals surface area contributed by atoms with Crippen molar-refractivity contribution in [2.45, 2.75) is 12.8 Å². The van der Waals surface area contributed by atoms with Crippen molar-refractivity contribution < 1.29 is 14.7 Å². The molecule has 0 aliphatic heterocycles. The minimum absolute atomic E-state index is 0.140. The maximum atomic E-state index is 9.70. The van der Waals surface area contributed by atoms with E-state index in [1.165, 1.54) is 26.2 Å². The molecule has 2 rings (SSSR count). The second kappa shape index (κ2) is 4.88. The van der Waals surface area contributed by atoms with E-state index in [0.29, 0.717) is 18.3 Å². The first kappa shape index (κ1) is 10.8. The third-order valence-corrected chi connectivity index (χ3v) is 2.46. The zero-order valence-corrected chi connectivity index (χ0v) is 9.22. The molecule has 0 saturated heterocycles. The van der Waals surface area contributed by atoms with Gasteiger partial charge in [0, 0.05) is 0 Å². The van der Waals surface area contributed by atoms with Crippen molar-refractivity contribution in [3.63, 3.8) is 0 Å². The molecule has 1 N–H and O–H groups in total. The lowest BCUT2D eigenvalue weighted by atomic mass is 10.2. The largest absolute Gasteiger partial charge is 0.504 e. The summed E-state index contributed by atoms with van der Waals surface area (Å²) in [5.41, 5.74) is 0.776. The van der Waals surface area contributed by atoms with Gasteiger partial charge in [0.05, 0.1) is 12.8 Å². The van der Waals surface area contributed by atoms with Crippen molar-refractivity contribution in [3.05, 3.63) is 23.8 Å². The lowest BCUT2D eigenvalue weighted by Gasteiger charge is -2.07. The fourth-order valence-electron chi connectivity index (χ4n) is 1.34. The molecule has 1 aliphatic rings. The molecule has 4 nitrogen and oxygen atoms in total. The fourth-order valence-corrected chi connectivity index (χ4v) is 1.34. The van der Waals surface area contributed by atoms with Crippen LogP contribution in [-0.4, -0.2) is 25.0 Å². The summed E-state index contributed by atoms with van der Waals surface area (Å²) >= 11 is 0. The molecule has 1 aromatic rings. The predicted octanol–water partition coefficient (Wildman–Crippen LogP) is 2.16. The summed E-state index contributed by atoms with van der Waals surface area (Å²) in [6.07, 6.45) is 4.00. The highest BCUT2D eigenvalue weighted by atomic mass is 16.6. The van der Waals surface area contributed by atoms with Crippen LogP contribution in [0.15, 0.2) is 23.4 Å². The molecule has 16 heavy (non-hydrogen) atoms. The molecule has 0 aromatic heterocycles. The van der Waals surface area contributed by atoms with Crippen molar-refractivity contribution in [2.75, 3.05) is 13.7 Å². The first-order chi connectivity index (χ1) is 7.79. The van der Waals surface area contributed by atoms with Crippen molar-refractivity contribution in [1.29, 1.82) is 0 Å². The van der Waals surface area contributed by atoms with E-state index in [4.69, 9.17) is 4.74 Å². The van der Waals surface area contributed by atoms with Gasteiger partial charge in [0.15, 0.2) is 11.5 Å². The van der Waals surface area contributed by atoms with Gasteiger partial charge in [0.2, 0.25) is 0 Å². The summed E-state index contributed by atoms with van der Waals surface area (Å²) in [4.78, 5) is 4.56. The number of benzene rings is 1. The number of nitrogens with zero attached hydrogens (tertiary/aromatic N) is 1. The smallest absolute Gasteiger partial charge is 0.160 e. The second-order valence-electron chi connectivity index (χ2n) is 3.90. The quantitative estimate of drug-likeness (QED) is 0.612. The molecule has 0 spiro atoms. The minimum atomic E-state index is 0.140. The van der Waals surface area contributed by atoms with E-state index in [9.17, 15) is 5.11 Å². The molecule has 0 amide bonds. The molecule has 0 radical (unpaired) electrons. The van der Waals surface area contributed by atoms with Crippen LogP contribution in [0.3, 0.4) is 0 Å². The first-order valence-electron chi connectivity index (χ1n) is 5.32. The number of phenolic OH excluding ortho intramolecular Hbond substituents is 1. The Morgan fingerprint density at radius 1 is 1.50 bits per heavy atom. The van der Waals surface area contributed by atoms with Gasteiger partial charge in [-0.15, -0.1) is 0 Å². The highest BCUT2D eigenvalue weighted by molar-refractivity contribution is 5.80. The first-order valence-corrected chi connectivity index (χ1v) is 5.32. The lowest BCUT2D eigenvalue weighted by molar-refractivity contribution is 0.215. The number of hydrogen-bond acceptors (Lipinski definition) is 4. The maximum absolute atomic E-state index is 9.70. The minimum Gasteiger partial charge on any atom is -0.504 e. The summed E-state index contributed by atoms with van der Waals surface area (Å²) in [6, 6.07) is 5.17. The second-order valence-corrected chi connectivity index (χ2v) is 3.90. The van der Waals surface area contributed by atoms with Crippen LogP contribution in [0, 0.1) is 5.92 Å². The summed E-state index contributed by atoms with van der Waals surface area (Å²) in [5.74, 6) is 1.34. The van der Waals surface area contributed by atoms with Gasteiger partial charge >= 0.3 is 0 Å². The molecule has 4 heteroatoms. The van der Waals surface area contributed by atoms with E-state index in [0.717, 1.165) is 5.56 Å². The van der Waals surface area contributed by atoms with Crippen LogP contribution in [0.25, 0.3) is 0 Å². The Kier molecular flexibility index (Phi) is 3.29. The highest BCUT2D eigenvalue weighted by Crippen LogP contribution is 2.32. The molecule has 0 bridgehead atoms.